The average molecular weight is 429 g/mol. The van der Waals surface area contributed by atoms with E-state index in [0.29, 0.717) is 24.6 Å². The summed E-state index contributed by atoms with van der Waals surface area (Å²) in [6.45, 7) is 0.604. The van der Waals surface area contributed by atoms with Gasteiger partial charge in [0.05, 0.1) is 0 Å². The van der Waals surface area contributed by atoms with Crippen molar-refractivity contribution in [3.63, 3.8) is 0 Å². The van der Waals surface area contributed by atoms with Gasteiger partial charge in [-0.1, -0.05) is 80.3 Å². The van der Waals surface area contributed by atoms with Crippen LogP contribution in [0.4, 0.5) is 0 Å². The SMILES string of the molecule is NC1CCCCC1.NCCCC[C@@H](N)C(=O)O.O=Cc1ccc(-c2ccccc2)cc1.[H+]. The topological polar surface area (TPSA) is 132 Å². The molecule has 2 aromatic carbocycles. The minimum Gasteiger partial charge on any atom is -0.480 e. The van der Waals surface area contributed by atoms with Crippen molar-refractivity contribution >= 4 is 12.3 Å². The molecular weight excluding hydrogens is 390 g/mol. The average Bonchev–Trinajstić information content (AvgIpc) is 2.81. The molecule has 3 rings (SSSR count). The molecule has 0 amide bonds. The molecule has 31 heavy (non-hydrogen) atoms. The fraction of sp³-hybridized carbons (Fsp3) is 0.440. The Labute approximate surface area is 187 Å². The minimum atomic E-state index is -0.933. The molecule has 0 bridgehead atoms. The van der Waals surface area contributed by atoms with Gasteiger partial charge in [0.2, 0.25) is 0 Å². The molecule has 1 aliphatic carbocycles. The van der Waals surface area contributed by atoms with Gasteiger partial charge in [-0.15, -0.1) is 0 Å². The van der Waals surface area contributed by atoms with Gasteiger partial charge in [0, 0.05) is 11.6 Å². The molecule has 0 spiro atoms. The van der Waals surface area contributed by atoms with Gasteiger partial charge < -0.3 is 22.3 Å². The van der Waals surface area contributed by atoms with Crippen LogP contribution in [-0.2, 0) is 4.79 Å². The summed E-state index contributed by atoms with van der Waals surface area (Å²) >= 11 is 0. The summed E-state index contributed by atoms with van der Waals surface area (Å²) in [5, 5.41) is 8.33. The smallest absolute Gasteiger partial charge is 0.480 e. The zero-order chi connectivity index (χ0) is 22.9. The Balaban J connectivity index is 0.000000472. The number of carboxylic acid groups (broad SMARTS) is 1. The first-order chi connectivity index (χ1) is 15.0. The van der Waals surface area contributed by atoms with Crippen molar-refractivity contribution in [1.29, 1.82) is 0 Å². The standard InChI is InChI=1S/C13H10O.C6H14N2O2.C6H13N/c14-10-11-6-8-13(9-7-11)12-4-2-1-3-5-12;7-4-2-1-3-5(8)6(9)10;7-6-4-2-1-3-5-6/h1-10H;5H,1-4,7-8H2,(H,9,10);6H,1-5,7H2/p+1/t;5-;/m.1./s1. The monoisotopic (exact) mass is 428 g/mol. The van der Waals surface area contributed by atoms with Crippen molar-refractivity contribution in [3.8, 4) is 11.1 Å². The molecule has 0 aromatic heterocycles. The van der Waals surface area contributed by atoms with Crippen molar-refractivity contribution in [1.82, 2.24) is 0 Å². The highest BCUT2D eigenvalue weighted by molar-refractivity contribution is 5.76. The van der Waals surface area contributed by atoms with E-state index in [0.717, 1.165) is 24.7 Å². The van der Waals surface area contributed by atoms with E-state index < -0.39 is 12.0 Å². The quantitative estimate of drug-likeness (QED) is 0.388. The van der Waals surface area contributed by atoms with Gasteiger partial charge in [0.1, 0.15) is 12.3 Å². The summed E-state index contributed by atoms with van der Waals surface area (Å²) in [6.07, 6.45) is 9.68. The number of benzene rings is 2. The maximum Gasteiger partial charge on any atom is 1.00 e. The molecule has 0 heterocycles. The molecule has 0 aliphatic heterocycles. The molecule has 7 N–H and O–H groups in total. The summed E-state index contributed by atoms with van der Waals surface area (Å²) in [7, 11) is 0. The van der Waals surface area contributed by atoms with Crippen molar-refractivity contribution in [2.24, 2.45) is 17.2 Å². The van der Waals surface area contributed by atoms with E-state index in [-0.39, 0.29) is 1.43 Å². The van der Waals surface area contributed by atoms with E-state index in [9.17, 15) is 9.59 Å². The van der Waals surface area contributed by atoms with Gasteiger partial charge in [0.25, 0.3) is 0 Å². The maximum atomic E-state index is 10.5. The van der Waals surface area contributed by atoms with Crippen LogP contribution in [0.5, 0.6) is 0 Å². The summed E-state index contributed by atoms with van der Waals surface area (Å²) in [5.74, 6) is -0.933. The Bertz CT molecular complexity index is 736. The zero-order valence-corrected chi connectivity index (χ0v) is 18.3. The highest BCUT2D eigenvalue weighted by atomic mass is 16.4. The first kappa shape index (κ1) is 26.5. The number of nitrogens with two attached hydrogens (primary N) is 3. The number of unbranched alkanes of at least 4 members (excludes halogenated alkanes) is 1. The molecule has 1 atom stereocenters. The van der Waals surface area contributed by atoms with E-state index in [2.05, 4.69) is 12.1 Å². The zero-order valence-electron chi connectivity index (χ0n) is 19.3. The third-order valence-electron chi connectivity index (χ3n) is 5.09. The molecule has 2 aromatic rings. The molecule has 0 saturated heterocycles. The lowest BCUT2D eigenvalue weighted by Crippen LogP contribution is -2.29. The Morgan fingerprint density at radius 3 is 2.03 bits per heavy atom. The van der Waals surface area contributed by atoms with Crippen molar-refractivity contribution in [2.75, 3.05) is 6.54 Å². The third-order valence-corrected chi connectivity index (χ3v) is 5.09. The number of carbonyl (C=O) groups is 2. The predicted molar refractivity (Wildman–Crippen MR) is 128 cm³/mol. The fourth-order valence-corrected chi connectivity index (χ4v) is 3.15. The van der Waals surface area contributed by atoms with Gasteiger partial charge in [-0.3, -0.25) is 9.59 Å². The lowest BCUT2D eigenvalue weighted by atomic mass is 9.97. The molecule has 0 unspecified atom stereocenters. The van der Waals surface area contributed by atoms with Crippen LogP contribution in [0.3, 0.4) is 0 Å². The molecule has 0 radical (unpaired) electrons. The van der Waals surface area contributed by atoms with Crippen LogP contribution in [0.2, 0.25) is 0 Å². The number of hydrogen-bond acceptors (Lipinski definition) is 5. The number of aldehydes is 1. The largest absolute Gasteiger partial charge is 1.00 e. The summed E-state index contributed by atoms with van der Waals surface area (Å²) in [4.78, 5) is 20.6. The lowest BCUT2D eigenvalue weighted by Gasteiger charge is -2.15. The summed E-state index contributed by atoms with van der Waals surface area (Å²) in [6, 6.07) is 17.5. The summed E-state index contributed by atoms with van der Waals surface area (Å²) in [5.41, 5.74) is 19.1. The first-order valence-electron chi connectivity index (χ1n) is 11.0. The van der Waals surface area contributed by atoms with Gasteiger partial charge >= 0.3 is 7.40 Å². The maximum absolute atomic E-state index is 10.5. The van der Waals surface area contributed by atoms with Crippen LogP contribution < -0.4 is 17.2 Å². The normalized spacial score (nSPS) is 14.3. The first-order valence-corrected chi connectivity index (χ1v) is 11.0. The molecule has 6 nitrogen and oxygen atoms in total. The Morgan fingerprint density at radius 2 is 1.58 bits per heavy atom. The number of hydrogen-bond donors (Lipinski definition) is 4. The van der Waals surface area contributed by atoms with Crippen LogP contribution in [0.1, 0.15) is 63.2 Å². The number of rotatable bonds is 7. The Kier molecular flexibility index (Phi) is 13.8. The van der Waals surface area contributed by atoms with E-state index in [4.69, 9.17) is 22.3 Å². The van der Waals surface area contributed by atoms with E-state index in [1.54, 1.807) is 0 Å². The van der Waals surface area contributed by atoms with Crippen LogP contribution in [-0.4, -0.2) is 36.0 Å². The fourth-order valence-electron chi connectivity index (χ4n) is 3.15. The van der Waals surface area contributed by atoms with E-state index in [1.807, 2.05) is 42.5 Å². The van der Waals surface area contributed by atoms with Crippen LogP contribution >= 0.6 is 0 Å². The lowest BCUT2D eigenvalue weighted by molar-refractivity contribution is -0.138. The number of aliphatic carboxylic acids is 1. The Morgan fingerprint density at radius 1 is 1.00 bits per heavy atom. The minimum absolute atomic E-state index is 0. The van der Waals surface area contributed by atoms with E-state index in [1.165, 1.54) is 37.7 Å². The third kappa shape index (κ3) is 12.0. The second kappa shape index (κ2) is 16.2. The molecule has 1 saturated carbocycles. The van der Waals surface area contributed by atoms with Crippen LogP contribution in [0, 0.1) is 0 Å². The number of carboxylic acids is 1. The molecule has 170 valence electrons. The van der Waals surface area contributed by atoms with Crippen molar-refractivity contribution < 1.29 is 16.1 Å². The highest BCUT2D eigenvalue weighted by Gasteiger charge is 2.09. The molecular formula is C25H38N3O3+. The van der Waals surface area contributed by atoms with Gasteiger partial charge in [-0.25, -0.2) is 0 Å². The second-order valence-electron chi connectivity index (χ2n) is 7.73. The summed E-state index contributed by atoms with van der Waals surface area (Å²) < 4.78 is 0. The predicted octanol–water partition coefficient (Wildman–Crippen LogP) is 4.08. The van der Waals surface area contributed by atoms with Gasteiger partial charge in [-0.05, 0) is 43.4 Å². The highest BCUT2D eigenvalue weighted by Crippen LogP contribution is 2.18. The van der Waals surface area contributed by atoms with Crippen molar-refractivity contribution in [2.45, 2.75) is 63.5 Å². The van der Waals surface area contributed by atoms with E-state index >= 15 is 0 Å². The molecule has 1 aliphatic rings. The van der Waals surface area contributed by atoms with Gasteiger partial charge in [-0.2, -0.15) is 0 Å². The van der Waals surface area contributed by atoms with Crippen LogP contribution in [0.25, 0.3) is 11.1 Å². The van der Waals surface area contributed by atoms with Gasteiger partial charge in [0.15, 0.2) is 0 Å². The molecule has 6 heteroatoms. The second-order valence-corrected chi connectivity index (χ2v) is 7.73. The molecule has 1 fully saturated rings. The van der Waals surface area contributed by atoms with Crippen molar-refractivity contribution in [3.05, 3.63) is 60.2 Å². The Hall–Kier alpha value is -2.54. The number of carbonyl (C=O) groups excluding carboxylic acids is 1. The van der Waals surface area contributed by atoms with Crippen LogP contribution in [0.15, 0.2) is 54.6 Å².